The van der Waals surface area contributed by atoms with Gasteiger partial charge in [-0.1, -0.05) is 26.8 Å². The van der Waals surface area contributed by atoms with Crippen molar-refractivity contribution in [1.29, 1.82) is 0 Å². The van der Waals surface area contributed by atoms with Crippen LogP contribution in [0.1, 0.15) is 45.7 Å². The van der Waals surface area contributed by atoms with Crippen LogP contribution in [-0.4, -0.2) is 34.4 Å². The van der Waals surface area contributed by atoms with Crippen molar-refractivity contribution in [2.24, 2.45) is 29.1 Å². The van der Waals surface area contributed by atoms with E-state index in [0.717, 1.165) is 12.1 Å². The summed E-state index contributed by atoms with van der Waals surface area (Å²) >= 11 is 0. The van der Waals surface area contributed by atoms with Crippen molar-refractivity contribution in [2.75, 3.05) is 6.54 Å². The minimum Gasteiger partial charge on any atom is -0.462 e. The fraction of sp³-hybridized carbons (Fsp3) is 0.667. The summed E-state index contributed by atoms with van der Waals surface area (Å²) in [7, 11) is 0. The van der Waals surface area contributed by atoms with Crippen molar-refractivity contribution >= 4 is 11.9 Å². The lowest BCUT2D eigenvalue weighted by atomic mass is 9.45. The Morgan fingerprint density at radius 3 is 2.81 bits per heavy atom. The highest BCUT2D eigenvalue weighted by molar-refractivity contribution is 5.86. The van der Waals surface area contributed by atoms with E-state index in [9.17, 15) is 9.59 Å². The van der Waals surface area contributed by atoms with Gasteiger partial charge in [-0.3, -0.25) is 14.6 Å². The van der Waals surface area contributed by atoms with Gasteiger partial charge in [-0.05, 0) is 48.1 Å². The Balaban J connectivity index is 1.34. The first-order chi connectivity index (χ1) is 12.4. The third kappa shape index (κ3) is 2.91. The second kappa shape index (κ2) is 6.36. The molecule has 0 aromatic carbocycles. The van der Waals surface area contributed by atoms with E-state index in [1.807, 2.05) is 18.2 Å². The molecule has 4 fully saturated rings. The van der Waals surface area contributed by atoms with Crippen molar-refractivity contribution < 1.29 is 14.3 Å². The van der Waals surface area contributed by atoms with Crippen molar-refractivity contribution in [3.63, 3.8) is 0 Å². The standard InChI is InChI=1S/C21H28N2O3/c1-13-17-9-15(21(17,2)3)10-18(13)26-20(25)14-8-19(24)23(11-14)12-16-6-4-5-7-22-16/h4-7,13-15,17-18H,8-12H2,1-3H3/t13-,14-,15+,17+,18-/m0/s1. The highest BCUT2D eigenvalue weighted by Crippen LogP contribution is 2.61. The molecule has 3 saturated carbocycles. The number of esters is 1. The van der Waals surface area contributed by atoms with Crippen LogP contribution in [0.25, 0.3) is 0 Å². The van der Waals surface area contributed by atoms with Gasteiger partial charge in [-0.25, -0.2) is 0 Å². The summed E-state index contributed by atoms with van der Waals surface area (Å²) in [6.07, 6.45) is 4.22. The molecular weight excluding hydrogens is 328 g/mol. The maximum Gasteiger partial charge on any atom is 0.311 e. The molecule has 0 radical (unpaired) electrons. The average Bonchev–Trinajstić information content (AvgIpc) is 2.98. The smallest absolute Gasteiger partial charge is 0.311 e. The van der Waals surface area contributed by atoms with E-state index in [-0.39, 0.29) is 30.3 Å². The Morgan fingerprint density at radius 2 is 2.15 bits per heavy atom. The molecule has 3 aliphatic carbocycles. The highest BCUT2D eigenvalue weighted by Gasteiger charge is 2.57. The van der Waals surface area contributed by atoms with Gasteiger partial charge < -0.3 is 9.64 Å². The molecule has 5 heteroatoms. The fourth-order valence-corrected chi connectivity index (χ4v) is 5.27. The van der Waals surface area contributed by atoms with E-state index in [1.165, 1.54) is 6.42 Å². The second-order valence-electron chi connectivity index (χ2n) is 8.93. The van der Waals surface area contributed by atoms with E-state index in [2.05, 4.69) is 25.8 Å². The molecule has 140 valence electrons. The molecule has 0 spiro atoms. The Hall–Kier alpha value is -1.91. The first-order valence-corrected chi connectivity index (χ1v) is 9.74. The van der Waals surface area contributed by atoms with E-state index < -0.39 is 0 Å². The Bertz CT molecular complexity index is 702. The van der Waals surface area contributed by atoms with Gasteiger partial charge >= 0.3 is 5.97 Å². The Morgan fingerprint density at radius 1 is 1.35 bits per heavy atom. The zero-order chi connectivity index (χ0) is 18.5. The number of hydrogen-bond donors (Lipinski definition) is 0. The van der Waals surface area contributed by atoms with Crippen molar-refractivity contribution in [1.82, 2.24) is 9.88 Å². The minimum absolute atomic E-state index is 0.0123. The number of aromatic nitrogens is 1. The molecule has 0 N–H and O–H groups in total. The molecule has 1 saturated heterocycles. The topological polar surface area (TPSA) is 59.5 Å². The molecule has 4 aliphatic rings. The lowest BCUT2D eigenvalue weighted by Gasteiger charge is -2.61. The van der Waals surface area contributed by atoms with Crippen LogP contribution in [0, 0.1) is 29.1 Å². The Labute approximate surface area is 155 Å². The number of fused-ring (bicyclic) bond motifs is 2. The molecule has 1 aliphatic heterocycles. The number of likely N-dealkylation sites (tertiary alicyclic amines) is 1. The summed E-state index contributed by atoms with van der Waals surface area (Å²) in [6, 6.07) is 5.66. The second-order valence-corrected chi connectivity index (χ2v) is 8.93. The van der Waals surface area contributed by atoms with Crippen molar-refractivity contribution in [2.45, 2.75) is 52.7 Å². The summed E-state index contributed by atoms with van der Waals surface area (Å²) < 4.78 is 5.90. The number of amides is 1. The maximum absolute atomic E-state index is 12.7. The van der Waals surface area contributed by atoms with Crippen LogP contribution in [0.5, 0.6) is 0 Å². The lowest BCUT2D eigenvalue weighted by Crippen LogP contribution is -2.57. The van der Waals surface area contributed by atoms with Gasteiger partial charge in [0, 0.05) is 19.2 Å². The predicted molar refractivity (Wildman–Crippen MR) is 96.8 cm³/mol. The highest BCUT2D eigenvalue weighted by atomic mass is 16.5. The van der Waals surface area contributed by atoms with E-state index in [1.54, 1.807) is 11.1 Å². The molecule has 5 nitrogen and oxygen atoms in total. The largest absolute Gasteiger partial charge is 0.462 e. The van der Waals surface area contributed by atoms with Crippen LogP contribution in [0.4, 0.5) is 0 Å². The number of ether oxygens (including phenoxy) is 1. The number of hydrogen-bond acceptors (Lipinski definition) is 4. The SMILES string of the molecule is C[C@@H]1[C@@H](OC(=O)[C@H]2CC(=O)N(Cc3ccccn3)C2)C[C@H]2C[C@H]1C2(C)C. The zero-order valence-corrected chi connectivity index (χ0v) is 15.9. The number of nitrogens with zero attached hydrogens (tertiary/aromatic N) is 2. The summed E-state index contributed by atoms with van der Waals surface area (Å²) in [5.41, 5.74) is 1.23. The van der Waals surface area contributed by atoms with Crippen LogP contribution in [0.15, 0.2) is 24.4 Å². The Kier molecular flexibility index (Phi) is 4.28. The van der Waals surface area contributed by atoms with Crippen LogP contribution in [-0.2, 0) is 20.9 Å². The molecule has 2 heterocycles. The minimum atomic E-state index is -0.343. The molecule has 1 amide bonds. The number of carbonyl (C=O) groups excluding carboxylic acids is 2. The van der Waals surface area contributed by atoms with Crippen LogP contribution in [0.2, 0.25) is 0 Å². The summed E-state index contributed by atoms with van der Waals surface area (Å²) in [6.45, 7) is 7.79. The first-order valence-electron chi connectivity index (χ1n) is 9.74. The van der Waals surface area contributed by atoms with Gasteiger partial charge in [0.2, 0.25) is 5.91 Å². The van der Waals surface area contributed by atoms with Crippen LogP contribution >= 0.6 is 0 Å². The van der Waals surface area contributed by atoms with E-state index in [0.29, 0.717) is 36.3 Å². The normalized spacial score (nSPS) is 35.1. The van der Waals surface area contributed by atoms with Gasteiger partial charge in [0.15, 0.2) is 0 Å². The molecule has 1 aromatic heterocycles. The van der Waals surface area contributed by atoms with Gasteiger partial charge in [-0.2, -0.15) is 0 Å². The summed E-state index contributed by atoms with van der Waals surface area (Å²) in [5, 5.41) is 0. The van der Waals surface area contributed by atoms with E-state index in [4.69, 9.17) is 4.74 Å². The molecule has 5 rings (SSSR count). The van der Waals surface area contributed by atoms with Gasteiger partial charge in [0.05, 0.1) is 18.2 Å². The molecule has 0 unspecified atom stereocenters. The average molecular weight is 356 g/mol. The lowest BCUT2D eigenvalue weighted by molar-refractivity contribution is -0.189. The summed E-state index contributed by atoms with van der Waals surface area (Å²) in [5.74, 6) is 1.18. The number of carbonyl (C=O) groups is 2. The maximum atomic E-state index is 12.7. The molecule has 5 atom stereocenters. The zero-order valence-electron chi connectivity index (χ0n) is 15.9. The predicted octanol–water partition coefficient (Wildman–Crippen LogP) is 3.04. The molecule has 1 aromatic rings. The molecular formula is C21H28N2O3. The molecule has 2 bridgehead atoms. The quantitative estimate of drug-likeness (QED) is 0.778. The fourth-order valence-electron chi connectivity index (χ4n) is 5.27. The number of rotatable bonds is 4. The van der Waals surface area contributed by atoms with Gasteiger partial charge in [0.1, 0.15) is 6.10 Å². The van der Waals surface area contributed by atoms with Crippen molar-refractivity contribution in [3.05, 3.63) is 30.1 Å². The third-order valence-electron chi connectivity index (χ3n) is 7.18. The first kappa shape index (κ1) is 17.5. The van der Waals surface area contributed by atoms with Gasteiger partial charge in [0.25, 0.3) is 0 Å². The monoisotopic (exact) mass is 356 g/mol. The molecule has 26 heavy (non-hydrogen) atoms. The van der Waals surface area contributed by atoms with Crippen LogP contribution in [0.3, 0.4) is 0 Å². The van der Waals surface area contributed by atoms with Crippen LogP contribution < -0.4 is 0 Å². The van der Waals surface area contributed by atoms with Gasteiger partial charge in [-0.15, -0.1) is 0 Å². The van der Waals surface area contributed by atoms with Crippen molar-refractivity contribution in [3.8, 4) is 0 Å². The van der Waals surface area contributed by atoms with E-state index >= 15 is 0 Å². The third-order valence-corrected chi connectivity index (χ3v) is 7.18. The summed E-state index contributed by atoms with van der Waals surface area (Å²) in [4.78, 5) is 30.9. The number of pyridine rings is 1.